The molecule has 134 valence electrons. The highest BCUT2D eigenvalue weighted by molar-refractivity contribution is 4.60. The molecule has 0 amide bonds. The van der Waals surface area contributed by atoms with Crippen molar-refractivity contribution in [2.24, 2.45) is 0 Å². The van der Waals surface area contributed by atoms with Crippen LogP contribution in [0.15, 0.2) is 0 Å². The van der Waals surface area contributed by atoms with Crippen molar-refractivity contribution in [1.29, 1.82) is 0 Å². The lowest BCUT2D eigenvalue weighted by molar-refractivity contribution is 0.158. The number of hydrogen-bond donors (Lipinski definition) is 3. The fourth-order valence-corrected chi connectivity index (χ4v) is 2.78. The molecule has 1 unspecified atom stereocenters. The molecule has 3 heteroatoms. The highest BCUT2D eigenvalue weighted by Gasteiger charge is 2.03. The Morgan fingerprint density at radius 1 is 0.727 bits per heavy atom. The minimum absolute atomic E-state index is 0.172. The molecule has 0 aromatic heterocycles. The predicted molar refractivity (Wildman–Crippen MR) is 96.3 cm³/mol. The van der Waals surface area contributed by atoms with Crippen molar-refractivity contribution in [2.45, 2.75) is 103 Å². The van der Waals surface area contributed by atoms with E-state index in [1.165, 1.54) is 64.2 Å². The second kappa shape index (κ2) is 18.9. The Morgan fingerprint density at radius 3 is 1.91 bits per heavy atom. The van der Waals surface area contributed by atoms with Gasteiger partial charge in [0.1, 0.15) is 0 Å². The van der Waals surface area contributed by atoms with E-state index < -0.39 is 0 Å². The summed E-state index contributed by atoms with van der Waals surface area (Å²) in [5, 5.41) is 22.0. The van der Waals surface area contributed by atoms with Gasteiger partial charge in [0.2, 0.25) is 0 Å². The van der Waals surface area contributed by atoms with E-state index in [4.69, 9.17) is 5.11 Å². The normalized spacial score (nSPS) is 12.7. The van der Waals surface area contributed by atoms with Gasteiger partial charge in [-0.3, -0.25) is 0 Å². The summed E-state index contributed by atoms with van der Waals surface area (Å²) in [5.41, 5.74) is 0. The maximum atomic E-state index is 9.90. The quantitative estimate of drug-likeness (QED) is 0.328. The Kier molecular flexibility index (Phi) is 18.8. The summed E-state index contributed by atoms with van der Waals surface area (Å²) >= 11 is 0. The summed E-state index contributed by atoms with van der Waals surface area (Å²) < 4.78 is 0. The first kappa shape index (κ1) is 21.9. The van der Waals surface area contributed by atoms with Crippen molar-refractivity contribution in [2.75, 3.05) is 19.7 Å². The highest BCUT2D eigenvalue weighted by atomic mass is 16.3. The van der Waals surface area contributed by atoms with Gasteiger partial charge < -0.3 is 15.5 Å². The Labute approximate surface area is 138 Å². The molecule has 0 fully saturated rings. The first-order chi connectivity index (χ1) is 10.8. The highest BCUT2D eigenvalue weighted by Crippen LogP contribution is 2.09. The molecule has 0 saturated carbocycles. The predicted octanol–water partition coefficient (Wildman–Crippen LogP) is 4.41. The van der Waals surface area contributed by atoms with E-state index in [0.29, 0.717) is 6.61 Å². The van der Waals surface area contributed by atoms with E-state index in [1.54, 1.807) is 0 Å². The Hall–Kier alpha value is -0.120. The molecule has 0 bridgehead atoms. The minimum atomic E-state index is -0.172. The number of rotatable bonds is 18. The molecule has 0 saturated heterocycles. The van der Waals surface area contributed by atoms with Gasteiger partial charge in [-0.05, 0) is 25.8 Å². The molecular formula is C19H41NO2. The Bertz CT molecular complexity index is 180. The fraction of sp³-hybridized carbons (Fsp3) is 1.00. The Balaban J connectivity index is 3.11. The SMILES string of the molecule is CCCCCCCCNCC(O)CCCCCCCCCO. The number of nitrogens with one attached hydrogen (secondary N) is 1. The van der Waals surface area contributed by atoms with Gasteiger partial charge in [0.25, 0.3) is 0 Å². The topological polar surface area (TPSA) is 52.5 Å². The van der Waals surface area contributed by atoms with Crippen molar-refractivity contribution in [1.82, 2.24) is 5.32 Å². The molecule has 0 aromatic carbocycles. The molecule has 1 atom stereocenters. The lowest BCUT2D eigenvalue weighted by atomic mass is 10.1. The van der Waals surface area contributed by atoms with Gasteiger partial charge >= 0.3 is 0 Å². The van der Waals surface area contributed by atoms with Crippen LogP contribution in [0.1, 0.15) is 96.8 Å². The van der Waals surface area contributed by atoms with Crippen LogP contribution in [-0.4, -0.2) is 36.0 Å². The molecule has 0 rings (SSSR count). The Morgan fingerprint density at radius 2 is 1.27 bits per heavy atom. The first-order valence-corrected chi connectivity index (χ1v) is 9.81. The van der Waals surface area contributed by atoms with Crippen LogP contribution >= 0.6 is 0 Å². The van der Waals surface area contributed by atoms with E-state index in [-0.39, 0.29) is 6.10 Å². The number of hydrogen-bond acceptors (Lipinski definition) is 3. The summed E-state index contributed by atoms with van der Waals surface area (Å²) in [6, 6.07) is 0. The third-order valence-corrected chi connectivity index (χ3v) is 4.28. The van der Waals surface area contributed by atoms with Gasteiger partial charge in [-0.1, -0.05) is 77.6 Å². The van der Waals surface area contributed by atoms with E-state index in [2.05, 4.69) is 12.2 Å². The lowest BCUT2D eigenvalue weighted by Crippen LogP contribution is -2.27. The first-order valence-electron chi connectivity index (χ1n) is 9.81. The van der Waals surface area contributed by atoms with Crippen LogP contribution in [-0.2, 0) is 0 Å². The van der Waals surface area contributed by atoms with Gasteiger partial charge in [0.15, 0.2) is 0 Å². The summed E-state index contributed by atoms with van der Waals surface area (Å²) in [6.45, 7) is 4.39. The second-order valence-corrected chi connectivity index (χ2v) is 6.61. The van der Waals surface area contributed by atoms with Crippen LogP contribution in [0.3, 0.4) is 0 Å². The van der Waals surface area contributed by atoms with Gasteiger partial charge in [-0.25, -0.2) is 0 Å². The van der Waals surface area contributed by atoms with Crippen LogP contribution < -0.4 is 5.32 Å². The molecule has 22 heavy (non-hydrogen) atoms. The van der Waals surface area contributed by atoms with Crippen molar-refractivity contribution >= 4 is 0 Å². The fourth-order valence-electron chi connectivity index (χ4n) is 2.78. The summed E-state index contributed by atoms with van der Waals surface area (Å²) in [6.07, 6.45) is 17.0. The zero-order valence-corrected chi connectivity index (χ0v) is 15.0. The van der Waals surface area contributed by atoms with Crippen LogP contribution in [0, 0.1) is 0 Å². The van der Waals surface area contributed by atoms with Crippen molar-refractivity contribution < 1.29 is 10.2 Å². The third-order valence-electron chi connectivity index (χ3n) is 4.28. The van der Waals surface area contributed by atoms with E-state index in [9.17, 15) is 5.11 Å². The standard InChI is InChI=1S/C19H41NO2/c1-2-3-4-5-10-13-16-20-18-19(22)15-12-9-7-6-8-11-14-17-21/h19-22H,2-18H2,1H3. The second-order valence-electron chi connectivity index (χ2n) is 6.61. The third kappa shape index (κ3) is 17.9. The number of aliphatic hydroxyl groups is 2. The molecule has 0 spiro atoms. The largest absolute Gasteiger partial charge is 0.396 e. The van der Waals surface area contributed by atoms with Crippen molar-refractivity contribution in [3.8, 4) is 0 Å². The van der Waals surface area contributed by atoms with Crippen LogP contribution in [0.25, 0.3) is 0 Å². The molecule has 0 heterocycles. The average molecular weight is 316 g/mol. The van der Waals surface area contributed by atoms with Crippen LogP contribution in [0.2, 0.25) is 0 Å². The lowest BCUT2D eigenvalue weighted by Gasteiger charge is -2.11. The van der Waals surface area contributed by atoms with Crippen LogP contribution in [0.4, 0.5) is 0 Å². The zero-order valence-electron chi connectivity index (χ0n) is 15.0. The van der Waals surface area contributed by atoms with Crippen molar-refractivity contribution in [3.63, 3.8) is 0 Å². The number of aliphatic hydroxyl groups excluding tert-OH is 2. The molecule has 0 aliphatic rings. The zero-order chi connectivity index (χ0) is 16.3. The van der Waals surface area contributed by atoms with Crippen molar-refractivity contribution in [3.05, 3.63) is 0 Å². The molecule has 0 aliphatic heterocycles. The summed E-state index contributed by atoms with van der Waals surface area (Å²) in [7, 11) is 0. The van der Waals surface area contributed by atoms with E-state index in [1.807, 2.05) is 0 Å². The summed E-state index contributed by atoms with van der Waals surface area (Å²) in [5.74, 6) is 0. The molecule has 3 N–H and O–H groups in total. The van der Waals surface area contributed by atoms with Gasteiger partial charge in [-0.2, -0.15) is 0 Å². The summed E-state index contributed by atoms with van der Waals surface area (Å²) in [4.78, 5) is 0. The minimum Gasteiger partial charge on any atom is -0.396 e. The molecule has 0 radical (unpaired) electrons. The molecule has 3 nitrogen and oxygen atoms in total. The smallest absolute Gasteiger partial charge is 0.0664 e. The van der Waals surface area contributed by atoms with Gasteiger partial charge in [-0.15, -0.1) is 0 Å². The van der Waals surface area contributed by atoms with Crippen LogP contribution in [0.5, 0.6) is 0 Å². The monoisotopic (exact) mass is 315 g/mol. The number of unbranched alkanes of at least 4 members (excludes halogenated alkanes) is 11. The maximum Gasteiger partial charge on any atom is 0.0664 e. The molecular weight excluding hydrogens is 274 g/mol. The van der Waals surface area contributed by atoms with Gasteiger partial charge in [0, 0.05) is 13.2 Å². The van der Waals surface area contributed by atoms with E-state index >= 15 is 0 Å². The molecule has 0 aromatic rings. The van der Waals surface area contributed by atoms with Gasteiger partial charge in [0.05, 0.1) is 6.10 Å². The van der Waals surface area contributed by atoms with E-state index in [0.717, 1.165) is 38.8 Å². The maximum absolute atomic E-state index is 9.90. The average Bonchev–Trinajstić information content (AvgIpc) is 2.52. The molecule has 0 aliphatic carbocycles.